The van der Waals surface area contributed by atoms with Crippen molar-refractivity contribution in [1.82, 2.24) is 4.98 Å². The number of thiazole rings is 1. The Kier molecular flexibility index (Phi) is 6.39. The van der Waals surface area contributed by atoms with Gasteiger partial charge < -0.3 is 24.4 Å². The first kappa shape index (κ1) is 21.1. The van der Waals surface area contributed by atoms with Crippen LogP contribution in [-0.4, -0.2) is 51.4 Å². The van der Waals surface area contributed by atoms with E-state index in [9.17, 15) is 4.79 Å². The Morgan fingerprint density at radius 1 is 1.26 bits per heavy atom. The van der Waals surface area contributed by atoms with E-state index in [1.807, 2.05) is 18.2 Å². The zero-order valence-electron chi connectivity index (χ0n) is 17.6. The first-order valence-electron chi connectivity index (χ1n) is 10.0. The van der Waals surface area contributed by atoms with E-state index in [1.165, 1.54) is 0 Å². The molecule has 3 aromatic rings. The summed E-state index contributed by atoms with van der Waals surface area (Å²) in [6.45, 7) is 6.91. The topological polar surface area (TPSA) is 72.9 Å². The second kappa shape index (κ2) is 9.36. The maximum atomic E-state index is 13.0. The second-order valence-electron chi connectivity index (χ2n) is 7.10. The third-order valence-corrected chi connectivity index (χ3v) is 6.18. The van der Waals surface area contributed by atoms with Crippen molar-refractivity contribution in [3.63, 3.8) is 0 Å². The fourth-order valence-corrected chi connectivity index (χ4v) is 4.62. The Balaban J connectivity index is 1.57. The Morgan fingerprint density at radius 3 is 2.77 bits per heavy atom. The molecule has 1 fully saturated rings. The normalized spacial score (nSPS) is 13.8. The molecule has 0 spiro atoms. The number of hydrogen-bond acceptors (Lipinski definition) is 7. The van der Waals surface area contributed by atoms with Gasteiger partial charge in [0.25, 0.3) is 5.91 Å². The lowest BCUT2D eigenvalue weighted by Gasteiger charge is -2.25. The summed E-state index contributed by atoms with van der Waals surface area (Å²) < 4.78 is 17.3. The lowest BCUT2D eigenvalue weighted by molar-refractivity contribution is 0.102. The molecule has 1 aliphatic heterocycles. The molecule has 162 valence electrons. The number of rotatable bonds is 7. The number of amides is 1. The summed E-state index contributed by atoms with van der Waals surface area (Å²) in [5.74, 6) is 0.907. The molecule has 1 saturated heterocycles. The van der Waals surface area contributed by atoms with Gasteiger partial charge in [-0.1, -0.05) is 17.4 Å². The minimum Gasteiger partial charge on any atom is -0.493 e. The van der Waals surface area contributed by atoms with E-state index in [2.05, 4.69) is 16.8 Å². The van der Waals surface area contributed by atoms with Gasteiger partial charge in [-0.25, -0.2) is 4.98 Å². The maximum absolute atomic E-state index is 13.0. The van der Waals surface area contributed by atoms with Crippen molar-refractivity contribution >= 4 is 38.3 Å². The molecule has 1 aromatic heterocycles. The summed E-state index contributed by atoms with van der Waals surface area (Å²) in [7, 11) is 3.14. The molecule has 1 aliphatic rings. The van der Waals surface area contributed by atoms with Gasteiger partial charge in [-0.05, 0) is 36.8 Å². The zero-order chi connectivity index (χ0) is 21.8. The van der Waals surface area contributed by atoms with Gasteiger partial charge in [-0.15, -0.1) is 6.58 Å². The molecule has 2 heterocycles. The van der Waals surface area contributed by atoms with Crippen LogP contribution in [0.25, 0.3) is 10.2 Å². The van der Waals surface area contributed by atoms with E-state index < -0.39 is 0 Å². The van der Waals surface area contributed by atoms with E-state index in [4.69, 9.17) is 19.2 Å². The predicted molar refractivity (Wildman–Crippen MR) is 124 cm³/mol. The monoisotopic (exact) mass is 439 g/mol. The van der Waals surface area contributed by atoms with Crippen LogP contribution in [0.5, 0.6) is 11.5 Å². The molecule has 0 unspecified atom stereocenters. The van der Waals surface area contributed by atoms with Crippen LogP contribution in [0.2, 0.25) is 0 Å². The van der Waals surface area contributed by atoms with Gasteiger partial charge in [-0.3, -0.25) is 4.79 Å². The largest absolute Gasteiger partial charge is 0.493 e. The summed E-state index contributed by atoms with van der Waals surface area (Å²) >= 11 is 1.62. The van der Waals surface area contributed by atoms with Gasteiger partial charge in [0.1, 0.15) is 0 Å². The Bertz CT molecular complexity index is 1110. The Labute approximate surface area is 185 Å². The van der Waals surface area contributed by atoms with Crippen LogP contribution in [0.15, 0.2) is 43.0 Å². The quantitative estimate of drug-likeness (QED) is 0.558. The summed E-state index contributed by atoms with van der Waals surface area (Å²) in [5.41, 5.74) is 2.97. The van der Waals surface area contributed by atoms with Crippen molar-refractivity contribution in [1.29, 1.82) is 0 Å². The average molecular weight is 440 g/mol. The van der Waals surface area contributed by atoms with E-state index in [-0.39, 0.29) is 5.91 Å². The Morgan fingerprint density at radius 2 is 2.06 bits per heavy atom. The van der Waals surface area contributed by atoms with Crippen molar-refractivity contribution < 1.29 is 19.0 Å². The van der Waals surface area contributed by atoms with E-state index in [1.54, 1.807) is 43.8 Å². The van der Waals surface area contributed by atoms with Gasteiger partial charge in [-0.2, -0.15) is 0 Å². The molecule has 31 heavy (non-hydrogen) atoms. The first-order chi connectivity index (χ1) is 15.1. The number of ether oxygens (including phenoxy) is 3. The molecule has 0 radical (unpaired) electrons. The molecule has 0 aliphatic carbocycles. The molecule has 2 aromatic carbocycles. The van der Waals surface area contributed by atoms with E-state index >= 15 is 0 Å². The molecule has 7 nitrogen and oxygen atoms in total. The second-order valence-corrected chi connectivity index (χ2v) is 8.11. The highest BCUT2D eigenvalue weighted by atomic mass is 32.1. The van der Waals surface area contributed by atoms with Gasteiger partial charge in [0.2, 0.25) is 0 Å². The molecular formula is C23H25N3O4S. The van der Waals surface area contributed by atoms with E-state index in [0.29, 0.717) is 23.5 Å². The molecule has 1 amide bonds. The van der Waals surface area contributed by atoms with Gasteiger partial charge in [0.15, 0.2) is 16.6 Å². The van der Waals surface area contributed by atoms with Gasteiger partial charge >= 0.3 is 0 Å². The fourth-order valence-electron chi connectivity index (χ4n) is 3.56. The van der Waals surface area contributed by atoms with Crippen molar-refractivity contribution in [2.24, 2.45) is 0 Å². The van der Waals surface area contributed by atoms with Gasteiger partial charge in [0, 0.05) is 29.9 Å². The predicted octanol–water partition coefficient (Wildman–Crippen LogP) is 4.13. The number of nitrogens with zero attached hydrogens (tertiary/aromatic N) is 2. The van der Waals surface area contributed by atoms with Crippen LogP contribution in [-0.2, 0) is 11.2 Å². The fraction of sp³-hybridized carbons (Fsp3) is 0.304. The van der Waals surface area contributed by atoms with Crippen LogP contribution in [0, 0.1) is 0 Å². The van der Waals surface area contributed by atoms with Crippen molar-refractivity contribution in [2.75, 3.05) is 50.7 Å². The number of methoxy groups -OCH3 is 2. The number of fused-ring (bicyclic) bond motifs is 1. The Hall–Kier alpha value is -3.10. The molecule has 1 N–H and O–H groups in total. The summed E-state index contributed by atoms with van der Waals surface area (Å²) in [4.78, 5) is 19.9. The third kappa shape index (κ3) is 4.50. The van der Waals surface area contributed by atoms with Crippen LogP contribution in [0.1, 0.15) is 15.9 Å². The number of morpholine rings is 1. The zero-order valence-corrected chi connectivity index (χ0v) is 18.5. The van der Waals surface area contributed by atoms with Gasteiger partial charge in [0.05, 0.1) is 37.6 Å². The first-order valence-corrected chi connectivity index (χ1v) is 10.8. The number of allylic oxidation sites excluding steroid dienone is 1. The molecule has 4 rings (SSSR count). The number of carbonyl (C=O) groups is 1. The number of benzene rings is 2. The third-order valence-electron chi connectivity index (χ3n) is 5.10. The number of aromatic nitrogens is 1. The summed E-state index contributed by atoms with van der Waals surface area (Å²) in [5, 5.41) is 3.96. The van der Waals surface area contributed by atoms with Crippen LogP contribution in [0.4, 0.5) is 10.8 Å². The average Bonchev–Trinajstić information content (AvgIpc) is 3.22. The van der Waals surface area contributed by atoms with E-state index in [0.717, 1.165) is 52.9 Å². The number of anilines is 2. The number of carbonyl (C=O) groups excluding carboxylic acids is 1. The number of hydrogen-bond donors (Lipinski definition) is 1. The summed E-state index contributed by atoms with van der Waals surface area (Å²) in [6.07, 6.45) is 2.33. The maximum Gasteiger partial charge on any atom is 0.255 e. The highest BCUT2D eigenvalue weighted by Gasteiger charge is 2.18. The molecule has 0 atom stereocenters. The highest BCUT2D eigenvalue weighted by Crippen LogP contribution is 2.34. The molecule has 0 saturated carbocycles. The number of nitrogens with one attached hydrogen (secondary N) is 1. The lowest BCUT2D eigenvalue weighted by atomic mass is 10.0. The molecule has 0 bridgehead atoms. The molecule has 8 heteroatoms. The van der Waals surface area contributed by atoms with Crippen molar-refractivity contribution in [3.05, 3.63) is 54.1 Å². The standard InChI is InChI=1S/C23H25N3O4S/c1-4-5-15-12-16(13-19(28-2)21(15)29-3)22(27)24-17-6-7-18-20(14-17)31-23(25-18)26-8-10-30-11-9-26/h4,6-7,12-14H,1,5,8-11H2,2-3H3,(H,24,27). The van der Waals surface area contributed by atoms with Crippen molar-refractivity contribution in [3.8, 4) is 11.5 Å². The lowest BCUT2D eigenvalue weighted by Crippen LogP contribution is -2.36. The summed E-state index contributed by atoms with van der Waals surface area (Å²) in [6, 6.07) is 9.25. The highest BCUT2D eigenvalue weighted by molar-refractivity contribution is 7.22. The van der Waals surface area contributed by atoms with Crippen LogP contribution >= 0.6 is 11.3 Å². The smallest absolute Gasteiger partial charge is 0.255 e. The SMILES string of the molecule is C=CCc1cc(C(=O)Nc2ccc3nc(N4CCOCC4)sc3c2)cc(OC)c1OC. The minimum atomic E-state index is -0.219. The minimum absolute atomic E-state index is 0.219. The van der Waals surface area contributed by atoms with Crippen LogP contribution in [0.3, 0.4) is 0 Å². The van der Waals surface area contributed by atoms with Crippen LogP contribution < -0.4 is 19.7 Å². The van der Waals surface area contributed by atoms with Crippen molar-refractivity contribution in [2.45, 2.75) is 6.42 Å². The molecular weight excluding hydrogens is 414 g/mol.